The Morgan fingerprint density at radius 3 is 2.41 bits per heavy atom. The van der Waals surface area contributed by atoms with Gasteiger partial charge in [0.15, 0.2) is 12.1 Å². The smallest absolute Gasteiger partial charge is 0.311 e. The van der Waals surface area contributed by atoms with Crippen molar-refractivity contribution in [2.45, 2.75) is 47.8 Å². The van der Waals surface area contributed by atoms with Gasteiger partial charge in [-0.05, 0) is 0 Å². The van der Waals surface area contributed by atoms with Gasteiger partial charge in [0.2, 0.25) is 0 Å². The molecule has 0 radical (unpaired) electrons. The van der Waals surface area contributed by atoms with Crippen molar-refractivity contribution in [2.24, 2.45) is 5.92 Å². The maximum atomic E-state index is 10.6. The molecule has 124 valence electrons. The second-order valence-corrected chi connectivity index (χ2v) is 6.25. The Morgan fingerprint density at radius 2 is 1.77 bits per heavy atom. The van der Waals surface area contributed by atoms with E-state index in [-0.39, 0.29) is 5.96 Å². The van der Waals surface area contributed by atoms with Crippen molar-refractivity contribution in [3.05, 3.63) is 0 Å². The monoisotopic (exact) mass is 319 g/mol. The molecule has 9 N–H and O–H groups in total. The summed E-state index contributed by atoms with van der Waals surface area (Å²) in [4.78, 5) is 0. The highest BCUT2D eigenvalue weighted by Crippen LogP contribution is 2.58. The number of aliphatic hydroxyl groups excluding tert-OH is 4. The molecule has 0 aromatic carbocycles. The zero-order valence-electron chi connectivity index (χ0n) is 11.2. The summed E-state index contributed by atoms with van der Waals surface area (Å²) in [6.07, 6.45) is -7.76. The Balaban J connectivity index is 1.93. The van der Waals surface area contributed by atoms with Gasteiger partial charge in [-0.3, -0.25) is 5.41 Å². The normalized spacial score (nSPS) is 62.4. The predicted octanol–water partition coefficient (Wildman–Crippen LogP) is -5.31. The number of ether oxygens (including phenoxy) is 2. The molecule has 9 atom stereocenters. The van der Waals surface area contributed by atoms with E-state index in [2.05, 4.69) is 10.6 Å². The molecule has 1 aliphatic carbocycles. The molecule has 5 fully saturated rings. The average molecular weight is 319 g/mol. The first kappa shape index (κ1) is 14.5. The molecule has 4 bridgehead atoms. The molecular formula is C11H17N3O8. The van der Waals surface area contributed by atoms with E-state index in [9.17, 15) is 30.6 Å². The second kappa shape index (κ2) is 3.88. The fourth-order valence-electron chi connectivity index (χ4n) is 4.28. The Labute approximate surface area is 123 Å². The number of hydrogen-bond acceptors (Lipinski definition) is 9. The van der Waals surface area contributed by atoms with Crippen molar-refractivity contribution in [2.75, 3.05) is 6.61 Å². The van der Waals surface area contributed by atoms with Gasteiger partial charge in [0.25, 0.3) is 0 Å². The quantitative estimate of drug-likeness (QED) is 0.226. The van der Waals surface area contributed by atoms with Crippen LogP contribution in [0.25, 0.3) is 0 Å². The molecule has 11 nitrogen and oxygen atoms in total. The van der Waals surface area contributed by atoms with Crippen LogP contribution in [0, 0.1) is 11.3 Å². The molecule has 11 heteroatoms. The number of aliphatic hydroxyl groups is 6. The Bertz CT molecular complexity index is 549. The number of guanidine groups is 1. The molecule has 5 aliphatic rings. The minimum absolute atomic E-state index is 0.375. The van der Waals surface area contributed by atoms with Crippen LogP contribution in [0.15, 0.2) is 0 Å². The fourth-order valence-corrected chi connectivity index (χ4v) is 4.28. The van der Waals surface area contributed by atoms with Crippen LogP contribution in [-0.4, -0.2) is 91.0 Å². The van der Waals surface area contributed by atoms with E-state index in [4.69, 9.17) is 14.9 Å². The van der Waals surface area contributed by atoms with Crippen molar-refractivity contribution in [3.8, 4) is 0 Å². The summed E-state index contributed by atoms with van der Waals surface area (Å²) < 4.78 is 10.3. The number of hydrogen-bond donors (Lipinski definition) is 9. The minimum Gasteiger partial charge on any atom is -0.393 e. The summed E-state index contributed by atoms with van der Waals surface area (Å²) in [5.74, 6) is -4.07. The van der Waals surface area contributed by atoms with Crippen molar-refractivity contribution in [1.29, 1.82) is 5.41 Å². The Hall–Kier alpha value is -1.05. The van der Waals surface area contributed by atoms with E-state index in [1.165, 1.54) is 0 Å². The standard InChI is InChI=1S/C11H17N3O8/c12-8-13-6(17)2-4-9(19,1-15)5-3(16)10(2,14-8)7(18)11(20,21-4)22-5/h2-7,15-20H,1H2,(H3,12,13,14)/t2?,3?,4?,5?,6?,7-,9?,10?,11?/m0/s1. The molecule has 8 unspecified atom stereocenters. The molecule has 1 spiro atoms. The molecule has 4 aliphatic heterocycles. The van der Waals surface area contributed by atoms with Crippen LogP contribution in [-0.2, 0) is 9.47 Å². The second-order valence-electron chi connectivity index (χ2n) is 6.25. The maximum Gasteiger partial charge on any atom is 0.311 e. The van der Waals surface area contributed by atoms with Crippen LogP contribution in [0.1, 0.15) is 0 Å². The summed E-state index contributed by atoms with van der Waals surface area (Å²) in [7, 11) is 0. The lowest BCUT2D eigenvalue weighted by Gasteiger charge is -2.72. The highest BCUT2D eigenvalue weighted by molar-refractivity contribution is 5.79. The highest BCUT2D eigenvalue weighted by atomic mass is 16.9. The fraction of sp³-hybridized carbons (Fsp3) is 0.909. The van der Waals surface area contributed by atoms with Gasteiger partial charge >= 0.3 is 5.97 Å². The topological polar surface area (TPSA) is 188 Å². The predicted molar refractivity (Wildman–Crippen MR) is 65.0 cm³/mol. The molecular weight excluding hydrogens is 302 g/mol. The molecule has 1 saturated carbocycles. The van der Waals surface area contributed by atoms with E-state index >= 15 is 0 Å². The van der Waals surface area contributed by atoms with Gasteiger partial charge in [0.05, 0.1) is 12.5 Å². The maximum absolute atomic E-state index is 10.6. The van der Waals surface area contributed by atoms with Gasteiger partial charge in [-0.2, -0.15) is 0 Å². The Morgan fingerprint density at radius 1 is 1.14 bits per heavy atom. The summed E-state index contributed by atoms with van der Waals surface area (Å²) >= 11 is 0. The largest absolute Gasteiger partial charge is 0.393 e. The first-order valence-electron chi connectivity index (χ1n) is 6.79. The first-order chi connectivity index (χ1) is 10.2. The highest BCUT2D eigenvalue weighted by Gasteiger charge is 2.83. The Kier molecular flexibility index (Phi) is 2.57. The van der Waals surface area contributed by atoms with Gasteiger partial charge in [-0.1, -0.05) is 0 Å². The van der Waals surface area contributed by atoms with Gasteiger partial charge in [0.1, 0.15) is 35.7 Å². The molecule has 0 amide bonds. The van der Waals surface area contributed by atoms with Crippen molar-refractivity contribution >= 4 is 5.96 Å². The number of rotatable bonds is 1. The third kappa shape index (κ3) is 1.28. The third-order valence-electron chi connectivity index (χ3n) is 5.26. The van der Waals surface area contributed by atoms with E-state index in [1.807, 2.05) is 0 Å². The lowest BCUT2D eigenvalue weighted by atomic mass is 9.55. The lowest BCUT2D eigenvalue weighted by molar-refractivity contribution is -0.549. The van der Waals surface area contributed by atoms with Gasteiger partial charge in [0, 0.05) is 0 Å². The van der Waals surface area contributed by atoms with Crippen LogP contribution < -0.4 is 10.6 Å². The van der Waals surface area contributed by atoms with Crippen LogP contribution in [0.3, 0.4) is 0 Å². The van der Waals surface area contributed by atoms with Crippen LogP contribution in [0.5, 0.6) is 0 Å². The molecule has 4 heterocycles. The summed E-state index contributed by atoms with van der Waals surface area (Å²) in [5, 5.41) is 74.2. The van der Waals surface area contributed by atoms with Crippen LogP contribution in [0.4, 0.5) is 0 Å². The van der Waals surface area contributed by atoms with Crippen LogP contribution in [0.2, 0.25) is 0 Å². The molecule has 0 aromatic heterocycles. The van der Waals surface area contributed by atoms with Crippen molar-refractivity contribution in [1.82, 2.24) is 10.6 Å². The third-order valence-corrected chi connectivity index (χ3v) is 5.26. The first-order valence-corrected chi connectivity index (χ1v) is 6.79. The zero-order chi connectivity index (χ0) is 16.1. The number of nitrogens with one attached hydrogen (secondary N) is 3. The molecule has 5 rings (SSSR count). The minimum atomic E-state index is -2.53. The van der Waals surface area contributed by atoms with Crippen LogP contribution >= 0.6 is 0 Å². The summed E-state index contributed by atoms with van der Waals surface area (Å²) in [5.41, 5.74) is -3.87. The van der Waals surface area contributed by atoms with E-state index in [0.717, 1.165) is 0 Å². The zero-order valence-corrected chi connectivity index (χ0v) is 11.2. The molecule has 0 aromatic rings. The van der Waals surface area contributed by atoms with Gasteiger partial charge < -0.3 is 50.7 Å². The van der Waals surface area contributed by atoms with E-state index in [1.54, 1.807) is 0 Å². The molecule has 22 heavy (non-hydrogen) atoms. The molecule has 4 saturated heterocycles. The van der Waals surface area contributed by atoms with E-state index in [0.29, 0.717) is 0 Å². The summed E-state index contributed by atoms with van der Waals surface area (Å²) in [6.45, 7) is -0.859. The van der Waals surface area contributed by atoms with E-state index < -0.39 is 60.3 Å². The van der Waals surface area contributed by atoms with Crippen molar-refractivity contribution < 1.29 is 40.1 Å². The average Bonchev–Trinajstić information content (AvgIpc) is 2.45. The summed E-state index contributed by atoms with van der Waals surface area (Å²) in [6, 6.07) is 0. The SMILES string of the molecule is N=C1NC(O)C2C3OC4(O)OC(C(O)C2(N1)[C@@H]4O)C3(O)CO. The van der Waals surface area contributed by atoms with Gasteiger partial charge in [-0.15, -0.1) is 0 Å². The lowest BCUT2D eigenvalue weighted by Crippen LogP contribution is -2.96. The van der Waals surface area contributed by atoms with Crippen molar-refractivity contribution in [3.63, 3.8) is 0 Å². The van der Waals surface area contributed by atoms with Gasteiger partial charge in [-0.25, -0.2) is 0 Å².